The quantitative estimate of drug-likeness (QED) is 0.768. The molecule has 0 unspecified atom stereocenters. The highest BCUT2D eigenvalue weighted by molar-refractivity contribution is 7.90. The molecule has 0 spiro atoms. The number of methoxy groups -OCH3 is 1. The van der Waals surface area contributed by atoms with Gasteiger partial charge in [0.25, 0.3) is 0 Å². The average molecular weight is 256 g/mol. The van der Waals surface area contributed by atoms with E-state index in [9.17, 15) is 13.2 Å². The van der Waals surface area contributed by atoms with Gasteiger partial charge in [0.2, 0.25) is 0 Å². The Kier molecular flexibility index (Phi) is 4.28. The van der Waals surface area contributed by atoms with Crippen molar-refractivity contribution in [1.29, 1.82) is 0 Å². The Morgan fingerprint density at radius 2 is 1.82 bits per heavy atom. The summed E-state index contributed by atoms with van der Waals surface area (Å²) in [4.78, 5) is 11.2. The largest absolute Gasteiger partial charge is 0.465 e. The summed E-state index contributed by atoms with van der Waals surface area (Å²) in [6.07, 6.45) is 1.21. The number of esters is 1. The van der Waals surface area contributed by atoms with E-state index in [-0.39, 0.29) is 11.7 Å². The lowest BCUT2D eigenvalue weighted by Crippen LogP contribution is -2.10. The zero-order chi connectivity index (χ0) is 13.1. The van der Waals surface area contributed by atoms with Crippen LogP contribution in [0.15, 0.2) is 24.3 Å². The van der Waals surface area contributed by atoms with Gasteiger partial charge in [-0.1, -0.05) is 19.1 Å². The van der Waals surface area contributed by atoms with E-state index in [0.717, 1.165) is 5.56 Å². The first-order valence-electron chi connectivity index (χ1n) is 5.19. The molecule has 1 atom stereocenters. The van der Waals surface area contributed by atoms with Crippen molar-refractivity contribution in [3.63, 3.8) is 0 Å². The molecule has 0 bridgehead atoms. The number of hydrogen-bond acceptors (Lipinski definition) is 4. The lowest BCUT2D eigenvalue weighted by Gasteiger charge is -2.10. The fraction of sp³-hybridized carbons (Fsp3) is 0.417. The van der Waals surface area contributed by atoms with Crippen LogP contribution in [0.25, 0.3) is 0 Å². The van der Waals surface area contributed by atoms with Gasteiger partial charge in [-0.05, 0) is 23.6 Å². The van der Waals surface area contributed by atoms with Gasteiger partial charge in [0, 0.05) is 6.26 Å². The normalized spacial score (nSPS) is 13.1. The second-order valence-electron chi connectivity index (χ2n) is 4.11. The van der Waals surface area contributed by atoms with Crippen molar-refractivity contribution in [2.75, 3.05) is 19.1 Å². The van der Waals surface area contributed by atoms with Crippen molar-refractivity contribution < 1.29 is 17.9 Å². The van der Waals surface area contributed by atoms with E-state index in [4.69, 9.17) is 0 Å². The van der Waals surface area contributed by atoms with Crippen LogP contribution in [0.1, 0.15) is 28.8 Å². The summed E-state index contributed by atoms with van der Waals surface area (Å²) in [5.41, 5.74) is 1.35. The number of ether oxygens (including phenoxy) is 1. The Hall–Kier alpha value is -1.36. The van der Waals surface area contributed by atoms with E-state index in [1.54, 1.807) is 24.3 Å². The Bertz CT molecular complexity index is 488. The second kappa shape index (κ2) is 5.31. The van der Waals surface area contributed by atoms with E-state index in [0.29, 0.717) is 5.56 Å². The SMILES string of the molecule is COC(=O)c1ccc([C@H](C)CS(C)(=O)=O)cc1. The molecule has 0 N–H and O–H groups in total. The molecule has 0 aliphatic heterocycles. The van der Waals surface area contributed by atoms with Gasteiger partial charge in [-0.15, -0.1) is 0 Å². The van der Waals surface area contributed by atoms with Gasteiger partial charge in [0.15, 0.2) is 0 Å². The molecule has 5 heteroatoms. The molecule has 0 aliphatic rings. The summed E-state index contributed by atoms with van der Waals surface area (Å²) in [6.45, 7) is 1.84. The summed E-state index contributed by atoms with van der Waals surface area (Å²) in [5.74, 6) is -0.381. The van der Waals surface area contributed by atoms with Crippen molar-refractivity contribution in [2.45, 2.75) is 12.8 Å². The van der Waals surface area contributed by atoms with Crippen LogP contribution in [0.5, 0.6) is 0 Å². The summed E-state index contributed by atoms with van der Waals surface area (Å²) in [6, 6.07) is 6.78. The molecule has 0 radical (unpaired) electrons. The number of rotatable bonds is 4. The van der Waals surface area contributed by atoms with Crippen molar-refractivity contribution in [3.8, 4) is 0 Å². The van der Waals surface area contributed by atoms with Crippen LogP contribution in [0.3, 0.4) is 0 Å². The molecule has 0 aliphatic carbocycles. The van der Waals surface area contributed by atoms with Crippen LogP contribution in [0, 0.1) is 0 Å². The standard InChI is InChI=1S/C12H16O4S/c1-9(8-17(3,14)15)10-4-6-11(7-5-10)12(13)16-2/h4-7,9H,8H2,1-3H3/t9-/m1/s1. The summed E-state index contributed by atoms with van der Waals surface area (Å²) in [5, 5.41) is 0. The number of benzene rings is 1. The third-order valence-electron chi connectivity index (χ3n) is 2.45. The van der Waals surface area contributed by atoms with E-state index in [2.05, 4.69) is 4.74 Å². The first-order chi connectivity index (χ1) is 7.83. The van der Waals surface area contributed by atoms with Gasteiger partial charge in [0.05, 0.1) is 18.4 Å². The minimum atomic E-state index is -2.99. The first-order valence-corrected chi connectivity index (χ1v) is 7.25. The topological polar surface area (TPSA) is 60.4 Å². The number of carbonyl (C=O) groups excluding carboxylic acids is 1. The summed E-state index contributed by atoms with van der Waals surface area (Å²) >= 11 is 0. The molecular formula is C12H16O4S. The maximum absolute atomic E-state index is 11.2. The summed E-state index contributed by atoms with van der Waals surface area (Å²) < 4.78 is 26.9. The molecule has 4 nitrogen and oxygen atoms in total. The average Bonchev–Trinajstić information content (AvgIpc) is 2.26. The van der Waals surface area contributed by atoms with Gasteiger partial charge in [0.1, 0.15) is 9.84 Å². The Balaban J connectivity index is 2.84. The highest BCUT2D eigenvalue weighted by Crippen LogP contribution is 2.17. The minimum Gasteiger partial charge on any atom is -0.465 e. The van der Waals surface area contributed by atoms with Crippen molar-refractivity contribution in [2.24, 2.45) is 0 Å². The fourth-order valence-corrected chi connectivity index (χ4v) is 2.72. The zero-order valence-electron chi connectivity index (χ0n) is 10.1. The van der Waals surface area contributed by atoms with Gasteiger partial charge in [-0.2, -0.15) is 0 Å². The van der Waals surface area contributed by atoms with Crippen LogP contribution >= 0.6 is 0 Å². The van der Waals surface area contributed by atoms with Gasteiger partial charge in [-0.3, -0.25) is 0 Å². The molecule has 0 heterocycles. The maximum atomic E-state index is 11.2. The summed E-state index contributed by atoms with van der Waals surface area (Å²) in [7, 11) is -1.67. The number of carbonyl (C=O) groups is 1. The fourth-order valence-electron chi connectivity index (χ4n) is 1.62. The van der Waals surface area contributed by atoms with Crippen molar-refractivity contribution in [3.05, 3.63) is 35.4 Å². The Labute approximate surface area is 102 Å². The molecule has 0 amide bonds. The molecule has 94 valence electrons. The van der Waals surface area contributed by atoms with Crippen LogP contribution in [-0.2, 0) is 14.6 Å². The highest BCUT2D eigenvalue weighted by Gasteiger charge is 2.13. The lowest BCUT2D eigenvalue weighted by molar-refractivity contribution is 0.0600. The smallest absolute Gasteiger partial charge is 0.337 e. The second-order valence-corrected chi connectivity index (χ2v) is 6.29. The van der Waals surface area contributed by atoms with Gasteiger partial charge < -0.3 is 4.74 Å². The molecule has 1 aromatic carbocycles. The van der Waals surface area contributed by atoms with E-state index in [1.165, 1.54) is 13.4 Å². The zero-order valence-corrected chi connectivity index (χ0v) is 11.0. The molecule has 0 aromatic heterocycles. The van der Waals surface area contributed by atoms with E-state index >= 15 is 0 Å². The molecule has 0 fully saturated rings. The third kappa shape index (κ3) is 4.19. The predicted octanol–water partition coefficient (Wildman–Crippen LogP) is 1.62. The molecule has 0 saturated carbocycles. The first kappa shape index (κ1) is 13.7. The third-order valence-corrected chi connectivity index (χ3v) is 3.56. The van der Waals surface area contributed by atoms with Crippen LogP contribution < -0.4 is 0 Å². The molecule has 17 heavy (non-hydrogen) atoms. The van der Waals surface area contributed by atoms with Gasteiger partial charge >= 0.3 is 5.97 Å². The van der Waals surface area contributed by atoms with Crippen LogP contribution in [0.4, 0.5) is 0 Å². The molecule has 1 aromatic rings. The number of hydrogen-bond donors (Lipinski definition) is 0. The van der Waals surface area contributed by atoms with Crippen LogP contribution in [0.2, 0.25) is 0 Å². The molecule has 1 rings (SSSR count). The highest BCUT2D eigenvalue weighted by atomic mass is 32.2. The Morgan fingerprint density at radius 3 is 2.24 bits per heavy atom. The van der Waals surface area contributed by atoms with E-state index < -0.39 is 15.8 Å². The van der Waals surface area contributed by atoms with Crippen LogP contribution in [-0.4, -0.2) is 33.5 Å². The predicted molar refractivity (Wildman–Crippen MR) is 65.9 cm³/mol. The number of sulfone groups is 1. The lowest BCUT2D eigenvalue weighted by atomic mass is 10.0. The van der Waals surface area contributed by atoms with Gasteiger partial charge in [-0.25, -0.2) is 13.2 Å². The minimum absolute atomic E-state index is 0.0864. The maximum Gasteiger partial charge on any atom is 0.337 e. The monoisotopic (exact) mass is 256 g/mol. The Morgan fingerprint density at radius 1 is 1.29 bits per heavy atom. The van der Waals surface area contributed by atoms with Crippen molar-refractivity contribution in [1.82, 2.24) is 0 Å². The molecular weight excluding hydrogens is 240 g/mol. The van der Waals surface area contributed by atoms with E-state index in [1.807, 2.05) is 6.92 Å². The van der Waals surface area contributed by atoms with Crippen molar-refractivity contribution >= 4 is 15.8 Å². The molecule has 0 saturated heterocycles.